The van der Waals surface area contributed by atoms with Gasteiger partial charge in [-0.2, -0.15) is 0 Å². The molecule has 0 amide bonds. The van der Waals surface area contributed by atoms with Crippen molar-refractivity contribution < 1.29 is 9.90 Å². The van der Waals surface area contributed by atoms with E-state index >= 15 is 0 Å². The molecule has 0 bridgehead atoms. The minimum atomic E-state index is -0.569. The van der Waals surface area contributed by atoms with Gasteiger partial charge in [-0.1, -0.05) is 26.2 Å². The van der Waals surface area contributed by atoms with Crippen molar-refractivity contribution in [2.45, 2.75) is 58.3 Å². The number of hydrogen-bond donors (Lipinski definition) is 1. The van der Waals surface area contributed by atoms with Crippen molar-refractivity contribution >= 4 is 5.97 Å². The summed E-state index contributed by atoms with van der Waals surface area (Å²) in [5.74, 6) is 0.261. The Hall–Kier alpha value is -0.570. The molecular formula is C15H27NO2. The number of hydrogen-bond acceptors (Lipinski definition) is 2. The van der Waals surface area contributed by atoms with Crippen molar-refractivity contribution in [1.29, 1.82) is 0 Å². The van der Waals surface area contributed by atoms with E-state index in [0.29, 0.717) is 0 Å². The van der Waals surface area contributed by atoms with Crippen LogP contribution in [-0.4, -0.2) is 35.6 Å². The second kappa shape index (κ2) is 6.05. The predicted molar refractivity (Wildman–Crippen MR) is 72.6 cm³/mol. The number of carboxylic acid groups (broad SMARTS) is 1. The molecule has 0 aromatic heterocycles. The van der Waals surface area contributed by atoms with Gasteiger partial charge in [0.1, 0.15) is 0 Å². The molecule has 3 nitrogen and oxygen atoms in total. The molecule has 1 aliphatic carbocycles. The molecule has 104 valence electrons. The third-order valence-corrected chi connectivity index (χ3v) is 4.83. The van der Waals surface area contributed by atoms with Crippen LogP contribution in [-0.2, 0) is 4.79 Å². The van der Waals surface area contributed by atoms with Gasteiger partial charge in [0.15, 0.2) is 0 Å². The molecule has 1 N–H and O–H groups in total. The zero-order valence-electron chi connectivity index (χ0n) is 11.7. The van der Waals surface area contributed by atoms with Crippen LogP contribution in [0.5, 0.6) is 0 Å². The molecule has 1 heterocycles. The topological polar surface area (TPSA) is 40.5 Å². The summed E-state index contributed by atoms with van der Waals surface area (Å²) in [6.07, 6.45) is 9.19. The van der Waals surface area contributed by atoms with Crippen LogP contribution in [0.15, 0.2) is 0 Å². The van der Waals surface area contributed by atoms with Gasteiger partial charge in [0, 0.05) is 13.1 Å². The summed E-state index contributed by atoms with van der Waals surface area (Å²) < 4.78 is 0. The van der Waals surface area contributed by atoms with E-state index in [0.717, 1.165) is 51.2 Å². The monoisotopic (exact) mass is 253 g/mol. The van der Waals surface area contributed by atoms with Crippen LogP contribution >= 0.6 is 0 Å². The molecule has 0 spiro atoms. The van der Waals surface area contributed by atoms with Crippen LogP contribution in [0.4, 0.5) is 0 Å². The molecule has 18 heavy (non-hydrogen) atoms. The van der Waals surface area contributed by atoms with Crippen LogP contribution in [0.25, 0.3) is 0 Å². The number of rotatable bonds is 5. The van der Waals surface area contributed by atoms with Gasteiger partial charge in [0.25, 0.3) is 0 Å². The summed E-state index contributed by atoms with van der Waals surface area (Å²) in [5.41, 5.74) is -0.453. The first kappa shape index (κ1) is 13.9. The van der Waals surface area contributed by atoms with E-state index in [9.17, 15) is 9.90 Å². The molecule has 0 aromatic rings. The molecular weight excluding hydrogens is 226 g/mol. The fraction of sp³-hybridized carbons (Fsp3) is 0.933. The Morgan fingerprint density at radius 1 is 1.33 bits per heavy atom. The molecule has 0 aromatic carbocycles. The summed E-state index contributed by atoms with van der Waals surface area (Å²) >= 11 is 0. The Morgan fingerprint density at radius 3 is 2.67 bits per heavy atom. The van der Waals surface area contributed by atoms with Gasteiger partial charge in [0.05, 0.1) is 5.41 Å². The quantitative estimate of drug-likeness (QED) is 0.818. The van der Waals surface area contributed by atoms with Gasteiger partial charge >= 0.3 is 5.97 Å². The largest absolute Gasteiger partial charge is 0.481 e. The summed E-state index contributed by atoms with van der Waals surface area (Å²) in [6, 6.07) is 0. The number of aliphatic carboxylic acids is 1. The van der Waals surface area contributed by atoms with E-state index in [-0.39, 0.29) is 0 Å². The Kier molecular flexibility index (Phi) is 4.66. The first-order valence-electron chi connectivity index (χ1n) is 7.62. The van der Waals surface area contributed by atoms with E-state index in [1.54, 1.807) is 0 Å². The molecule has 1 saturated heterocycles. The molecule has 3 heteroatoms. The average molecular weight is 253 g/mol. The number of nitrogens with zero attached hydrogens (tertiary/aromatic N) is 1. The standard InChI is InChI=1S/C15H27NO2/c1-2-8-15(14(17)18)9-5-10-16(12-15)11-13-6-3-4-7-13/h13H,2-12H2,1H3,(H,17,18). The van der Waals surface area contributed by atoms with Gasteiger partial charge in [-0.15, -0.1) is 0 Å². The molecule has 1 atom stereocenters. The van der Waals surface area contributed by atoms with Crippen molar-refractivity contribution in [3.63, 3.8) is 0 Å². The number of carbonyl (C=O) groups is 1. The van der Waals surface area contributed by atoms with Gasteiger partial charge < -0.3 is 10.0 Å². The summed E-state index contributed by atoms with van der Waals surface area (Å²) in [7, 11) is 0. The second-order valence-corrected chi connectivity index (χ2v) is 6.32. The van der Waals surface area contributed by atoms with Crippen molar-refractivity contribution in [2.24, 2.45) is 11.3 Å². The highest BCUT2D eigenvalue weighted by Gasteiger charge is 2.41. The summed E-state index contributed by atoms with van der Waals surface area (Å²) in [5, 5.41) is 9.57. The van der Waals surface area contributed by atoms with E-state index in [2.05, 4.69) is 11.8 Å². The van der Waals surface area contributed by atoms with Crippen molar-refractivity contribution in [3.05, 3.63) is 0 Å². The van der Waals surface area contributed by atoms with Gasteiger partial charge in [-0.25, -0.2) is 0 Å². The summed E-state index contributed by atoms with van der Waals surface area (Å²) in [4.78, 5) is 14.1. The minimum Gasteiger partial charge on any atom is -0.481 e. The van der Waals surface area contributed by atoms with E-state index in [4.69, 9.17) is 0 Å². The third kappa shape index (κ3) is 3.05. The molecule has 1 unspecified atom stereocenters. The van der Waals surface area contributed by atoms with Crippen LogP contribution in [0, 0.1) is 11.3 Å². The molecule has 1 saturated carbocycles. The SMILES string of the molecule is CCCC1(C(=O)O)CCCN(CC2CCCC2)C1. The second-order valence-electron chi connectivity index (χ2n) is 6.32. The van der Waals surface area contributed by atoms with Crippen molar-refractivity contribution in [1.82, 2.24) is 4.90 Å². The highest BCUT2D eigenvalue weighted by atomic mass is 16.4. The third-order valence-electron chi connectivity index (χ3n) is 4.83. The lowest BCUT2D eigenvalue weighted by Crippen LogP contribution is -2.48. The first-order valence-corrected chi connectivity index (χ1v) is 7.62. The Balaban J connectivity index is 1.94. The fourth-order valence-corrected chi connectivity index (χ4v) is 3.91. The van der Waals surface area contributed by atoms with Gasteiger partial charge in [-0.3, -0.25) is 4.79 Å². The molecule has 2 aliphatic rings. The van der Waals surface area contributed by atoms with Crippen LogP contribution in [0.2, 0.25) is 0 Å². The highest BCUT2D eigenvalue weighted by molar-refractivity contribution is 5.75. The van der Waals surface area contributed by atoms with Crippen LogP contribution in [0.1, 0.15) is 58.3 Å². The lowest BCUT2D eigenvalue weighted by Gasteiger charge is -2.40. The smallest absolute Gasteiger partial charge is 0.310 e. The zero-order chi connectivity index (χ0) is 13.0. The number of likely N-dealkylation sites (tertiary alicyclic amines) is 1. The molecule has 2 rings (SSSR count). The Labute approximate surface area is 111 Å². The van der Waals surface area contributed by atoms with Crippen LogP contribution in [0.3, 0.4) is 0 Å². The molecule has 0 radical (unpaired) electrons. The van der Waals surface area contributed by atoms with Crippen molar-refractivity contribution in [3.8, 4) is 0 Å². The lowest BCUT2D eigenvalue weighted by atomic mass is 9.76. The maximum Gasteiger partial charge on any atom is 0.310 e. The Bertz CT molecular complexity index is 282. The van der Waals surface area contributed by atoms with E-state index in [1.165, 1.54) is 25.7 Å². The van der Waals surface area contributed by atoms with Crippen molar-refractivity contribution in [2.75, 3.05) is 19.6 Å². The van der Waals surface area contributed by atoms with E-state index < -0.39 is 11.4 Å². The normalized spacial score (nSPS) is 30.7. The highest BCUT2D eigenvalue weighted by Crippen LogP contribution is 2.36. The van der Waals surface area contributed by atoms with Gasteiger partial charge in [-0.05, 0) is 44.6 Å². The van der Waals surface area contributed by atoms with Crippen LogP contribution < -0.4 is 0 Å². The number of piperidine rings is 1. The average Bonchev–Trinajstić information content (AvgIpc) is 2.82. The zero-order valence-corrected chi connectivity index (χ0v) is 11.7. The Morgan fingerprint density at radius 2 is 2.06 bits per heavy atom. The molecule has 2 fully saturated rings. The fourth-order valence-electron chi connectivity index (χ4n) is 3.91. The maximum absolute atomic E-state index is 11.6. The molecule has 1 aliphatic heterocycles. The lowest BCUT2D eigenvalue weighted by molar-refractivity contribution is -0.153. The van der Waals surface area contributed by atoms with E-state index in [1.807, 2.05) is 0 Å². The first-order chi connectivity index (χ1) is 8.66. The summed E-state index contributed by atoms with van der Waals surface area (Å²) in [6.45, 7) is 5.13. The minimum absolute atomic E-state index is 0.453. The predicted octanol–water partition coefficient (Wildman–Crippen LogP) is 3.14. The van der Waals surface area contributed by atoms with Gasteiger partial charge in [0.2, 0.25) is 0 Å². The maximum atomic E-state index is 11.6. The number of carboxylic acids is 1.